The lowest BCUT2D eigenvalue weighted by molar-refractivity contribution is -0.136. The van der Waals surface area contributed by atoms with Crippen molar-refractivity contribution in [2.75, 3.05) is 5.32 Å². The molecule has 0 aliphatic heterocycles. The van der Waals surface area contributed by atoms with Crippen LogP contribution in [0.3, 0.4) is 0 Å². The van der Waals surface area contributed by atoms with Gasteiger partial charge in [0.15, 0.2) is 5.65 Å². The van der Waals surface area contributed by atoms with Gasteiger partial charge in [0.05, 0.1) is 22.3 Å². The lowest BCUT2D eigenvalue weighted by atomic mass is 10.1. The molecule has 0 spiro atoms. The average Bonchev–Trinajstić information content (AvgIpc) is 3.43. The highest BCUT2D eigenvalue weighted by Crippen LogP contribution is 2.43. The number of fused-ring (bicyclic) bond motifs is 1. The van der Waals surface area contributed by atoms with Crippen LogP contribution in [0.1, 0.15) is 41.3 Å². The van der Waals surface area contributed by atoms with Crippen molar-refractivity contribution in [3.8, 4) is 0 Å². The summed E-state index contributed by atoms with van der Waals surface area (Å²) in [5, 5.41) is 6.43. The fraction of sp³-hybridized carbons (Fsp3) is 0.350. The maximum absolute atomic E-state index is 13.9. The van der Waals surface area contributed by atoms with Crippen molar-refractivity contribution in [2.24, 2.45) is 0 Å². The molecule has 29 heavy (non-hydrogen) atoms. The molecule has 2 heterocycles. The Morgan fingerprint density at radius 2 is 1.97 bits per heavy atom. The van der Waals surface area contributed by atoms with Crippen molar-refractivity contribution in [2.45, 2.75) is 45.3 Å². The highest BCUT2D eigenvalue weighted by atomic mass is 19.4. The van der Waals surface area contributed by atoms with Gasteiger partial charge in [-0.15, -0.1) is 0 Å². The predicted octanol–water partition coefficient (Wildman–Crippen LogP) is 4.72. The number of carbonyl (C=O) groups is 1. The second-order valence-corrected chi connectivity index (χ2v) is 7.34. The Morgan fingerprint density at radius 3 is 2.62 bits per heavy atom. The first-order chi connectivity index (χ1) is 13.6. The quantitative estimate of drug-likeness (QED) is 0.638. The van der Waals surface area contributed by atoms with Gasteiger partial charge in [-0.05, 0) is 50.5 Å². The highest BCUT2D eigenvalue weighted by molar-refractivity contribution is 5.92. The van der Waals surface area contributed by atoms with Gasteiger partial charge in [-0.25, -0.2) is 14.1 Å². The van der Waals surface area contributed by atoms with Gasteiger partial charge >= 0.3 is 6.18 Å². The van der Waals surface area contributed by atoms with Crippen LogP contribution in [0.4, 0.5) is 23.2 Å². The summed E-state index contributed by atoms with van der Waals surface area (Å²) in [7, 11) is 0. The van der Waals surface area contributed by atoms with E-state index in [4.69, 9.17) is 0 Å². The molecule has 1 N–H and O–H groups in total. The van der Waals surface area contributed by atoms with Crippen LogP contribution in [0.2, 0.25) is 0 Å². The summed E-state index contributed by atoms with van der Waals surface area (Å²) >= 11 is 0. The lowest BCUT2D eigenvalue weighted by Crippen LogP contribution is -2.20. The molecule has 1 aliphatic rings. The molecule has 1 fully saturated rings. The zero-order chi connectivity index (χ0) is 20.9. The van der Waals surface area contributed by atoms with Gasteiger partial charge in [0.2, 0.25) is 5.91 Å². The van der Waals surface area contributed by atoms with Gasteiger partial charge in [-0.1, -0.05) is 6.07 Å². The number of aryl methyl sites for hydroxylation is 2. The Balaban J connectivity index is 1.71. The molecule has 152 valence electrons. The Labute approximate surface area is 163 Å². The standard InChI is InChI=1S/C20H18F4N4O/c1-10-3-6-14(21)16(7-10)25-17(29)9-28-19-18(11(2)27-28)13(20(22,23)24)8-15(26-19)12-4-5-12/h3,6-8,12H,4-5,9H2,1-2H3,(H,25,29). The topological polar surface area (TPSA) is 59.8 Å². The molecule has 0 bridgehead atoms. The fourth-order valence-corrected chi connectivity index (χ4v) is 3.36. The van der Waals surface area contributed by atoms with E-state index in [2.05, 4.69) is 15.4 Å². The summed E-state index contributed by atoms with van der Waals surface area (Å²) in [6.07, 6.45) is -2.98. The third kappa shape index (κ3) is 3.81. The van der Waals surface area contributed by atoms with E-state index in [9.17, 15) is 22.4 Å². The summed E-state index contributed by atoms with van der Waals surface area (Å²) in [4.78, 5) is 16.8. The molecule has 3 aromatic rings. The van der Waals surface area contributed by atoms with Crippen molar-refractivity contribution < 1.29 is 22.4 Å². The lowest BCUT2D eigenvalue weighted by Gasteiger charge is -2.11. The van der Waals surface area contributed by atoms with Gasteiger partial charge in [0.1, 0.15) is 12.4 Å². The molecule has 9 heteroatoms. The molecule has 4 rings (SSSR count). The number of amides is 1. The molecule has 1 saturated carbocycles. The van der Waals surface area contributed by atoms with E-state index in [-0.39, 0.29) is 34.9 Å². The molecule has 2 aromatic heterocycles. The van der Waals surface area contributed by atoms with E-state index in [1.54, 1.807) is 13.0 Å². The van der Waals surface area contributed by atoms with Crippen LogP contribution in [0.15, 0.2) is 24.3 Å². The number of anilines is 1. The van der Waals surface area contributed by atoms with E-state index in [0.29, 0.717) is 5.69 Å². The molecule has 1 aliphatic carbocycles. The number of aromatic nitrogens is 3. The van der Waals surface area contributed by atoms with E-state index < -0.39 is 23.5 Å². The minimum atomic E-state index is -4.56. The number of alkyl halides is 3. The third-order valence-electron chi connectivity index (χ3n) is 4.89. The summed E-state index contributed by atoms with van der Waals surface area (Å²) in [6, 6.07) is 5.36. The van der Waals surface area contributed by atoms with Crippen molar-refractivity contribution in [3.05, 3.63) is 52.6 Å². The number of nitrogens with one attached hydrogen (secondary N) is 1. The minimum absolute atomic E-state index is 0.000581. The summed E-state index contributed by atoms with van der Waals surface area (Å²) in [6.45, 7) is 2.82. The molecular weight excluding hydrogens is 388 g/mol. The SMILES string of the molecule is Cc1ccc(F)c(NC(=O)Cn2nc(C)c3c(C(F)(F)F)cc(C4CC4)nc32)c1. The number of rotatable bonds is 4. The van der Waals surface area contributed by atoms with Gasteiger partial charge < -0.3 is 5.32 Å². The summed E-state index contributed by atoms with van der Waals surface area (Å²) < 4.78 is 55.9. The third-order valence-corrected chi connectivity index (χ3v) is 4.89. The maximum atomic E-state index is 13.9. The zero-order valence-electron chi connectivity index (χ0n) is 15.8. The highest BCUT2D eigenvalue weighted by Gasteiger charge is 2.37. The van der Waals surface area contributed by atoms with Crippen LogP contribution in [-0.2, 0) is 17.5 Å². The largest absolute Gasteiger partial charge is 0.417 e. The Kier molecular flexibility index (Phi) is 4.55. The fourth-order valence-electron chi connectivity index (χ4n) is 3.36. The monoisotopic (exact) mass is 406 g/mol. The molecule has 0 saturated heterocycles. The summed E-state index contributed by atoms with van der Waals surface area (Å²) in [5.41, 5.74) is 0.476. The molecule has 0 unspecified atom stereocenters. The maximum Gasteiger partial charge on any atom is 0.417 e. The molecule has 0 atom stereocenters. The molecule has 1 amide bonds. The Bertz CT molecular complexity index is 1120. The first-order valence-electron chi connectivity index (χ1n) is 9.14. The number of hydrogen-bond donors (Lipinski definition) is 1. The summed E-state index contributed by atoms with van der Waals surface area (Å²) in [5.74, 6) is -1.20. The van der Waals surface area contributed by atoms with Gasteiger partial charge in [0.25, 0.3) is 0 Å². The van der Waals surface area contributed by atoms with E-state index >= 15 is 0 Å². The van der Waals surface area contributed by atoms with E-state index in [0.717, 1.165) is 29.2 Å². The Morgan fingerprint density at radius 1 is 1.24 bits per heavy atom. The van der Waals surface area contributed by atoms with Gasteiger partial charge in [0, 0.05) is 11.6 Å². The van der Waals surface area contributed by atoms with Crippen LogP contribution in [-0.4, -0.2) is 20.7 Å². The van der Waals surface area contributed by atoms with E-state index in [1.807, 2.05) is 0 Å². The smallest absolute Gasteiger partial charge is 0.322 e. The predicted molar refractivity (Wildman–Crippen MR) is 99.0 cm³/mol. The van der Waals surface area contributed by atoms with Crippen molar-refractivity contribution >= 4 is 22.6 Å². The minimum Gasteiger partial charge on any atom is -0.322 e. The Hall–Kier alpha value is -2.97. The van der Waals surface area contributed by atoms with Crippen LogP contribution in [0.5, 0.6) is 0 Å². The van der Waals surface area contributed by atoms with Gasteiger partial charge in [-0.3, -0.25) is 4.79 Å². The molecule has 0 radical (unpaired) electrons. The number of hydrogen-bond acceptors (Lipinski definition) is 3. The molecule has 1 aromatic carbocycles. The van der Waals surface area contributed by atoms with Crippen LogP contribution < -0.4 is 5.32 Å². The molecular formula is C20H18F4N4O. The number of halogens is 4. The number of benzene rings is 1. The van der Waals surface area contributed by atoms with Crippen molar-refractivity contribution in [3.63, 3.8) is 0 Å². The van der Waals surface area contributed by atoms with Crippen LogP contribution in [0.25, 0.3) is 11.0 Å². The normalized spacial score (nSPS) is 14.4. The molecule has 5 nitrogen and oxygen atoms in total. The van der Waals surface area contributed by atoms with E-state index in [1.165, 1.54) is 19.1 Å². The number of carbonyl (C=O) groups excluding carboxylic acids is 1. The first kappa shape index (κ1) is 19.4. The number of nitrogens with zero attached hydrogens (tertiary/aromatic N) is 3. The van der Waals surface area contributed by atoms with Crippen LogP contribution >= 0.6 is 0 Å². The second kappa shape index (κ2) is 6.82. The van der Waals surface area contributed by atoms with Gasteiger partial charge in [-0.2, -0.15) is 18.3 Å². The zero-order valence-corrected chi connectivity index (χ0v) is 15.8. The van der Waals surface area contributed by atoms with Crippen molar-refractivity contribution in [1.82, 2.24) is 14.8 Å². The second-order valence-electron chi connectivity index (χ2n) is 7.34. The van der Waals surface area contributed by atoms with Crippen LogP contribution in [0, 0.1) is 19.7 Å². The number of pyridine rings is 1. The first-order valence-corrected chi connectivity index (χ1v) is 9.14. The van der Waals surface area contributed by atoms with Crippen molar-refractivity contribution in [1.29, 1.82) is 0 Å². The average molecular weight is 406 g/mol.